The first-order valence-corrected chi connectivity index (χ1v) is 25.1. The van der Waals surface area contributed by atoms with Gasteiger partial charge in [-0.3, -0.25) is 4.55 Å². The van der Waals surface area contributed by atoms with Crippen LogP contribution in [0.25, 0.3) is 22.3 Å². The van der Waals surface area contributed by atoms with E-state index < -0.39 is 15.4 Å². The van der Waals surface area contributed by atoms with Gasteiger partial charge in [0.25, 0.3) is 10.1 Å². The second-order valence-corrected chi connectivity index (χ2v) is 19.3. The van der Waals surface area contributed by atoms with Crippen molar-refractivity contribution in [1.29, 1.82) is 0 Å². The molecule has 0 amide bonds. The molecule has 0 aromatic heterocycles. The fraction of sp³-hybridized carbons (Fsp3) is 0.138. The Kier molecular flexibility index (Phi) is 14.2. The summed E-state index contributed by atoms with van der Waals surface area (Å²) in [5.74, 6) is 3.11. The van der Waals surface area contributed by atoms with E-state index in [1.165, 1.54) is 0 Å². The number of allylic oxidation sites excluding steroid dienone is 1. The predicted molar refractivity (Wildman–Crippen MR) is 285 cm³/mol. The van der Waals surface area contributed by atoms with Crippen LogP contribution < -0.4 is 33.6 Å². The minimum atomic E-state index is -4.32. The van der Waals surface area contributed by atoms with E-state index >= 15 is 0 Å². The molecule has 1 atom stereocenters. The van der Waals surface area contributed by atoms with Crippen molar-refractivity contribution in [2.24, 2.45) is 0 Å². The second-order valence-electron chi connectivity index (χ2n) is 16.5. The Bertz CT molecular complexity index is 2920. The van der Waals surface area contributed by atoms with Crippen LogP contribution >= 0.6 is 11.8 Å². The molecule has 12 heteroatoms. The van der Waals surface area contributed by atoms with Crippen LogP contribution in [-0.2, 0) is 10.1 Å². The lowest BCUT2D eigenvalue weighted by molar-refractivity contribution is 0.414. The number of rotatable bonds is 17. The summed E-state index contributed by atoms with van der Waals surface area (Å²) in [5, 5.41) is -1.04. The summed E-state index contributed by atoms with van der Waals surface area (Å²) in [6.07, 6.45) is 3.41. The summed E-state index contributed by atoms with van der Waals surface area (Å²) < 4.78 is 57.0. The van der Waals surface area contributed by atoms with Crippen molar-refractivity contribution in [3.8, 4) is 45.3 Å². The molecule has 1 unspecified atom stereocenters. The van der Waals surface area contributed by atoms with Gasteiger partial charge in [0.15, 0.2) is 0 Å². The first-order valence-electron chi connectivity index (χ1n) is 22.8. The van der Waals surface area contributed by atoms with E-state index in [4.69, 9.17) is 18.9 Å². The van der Waals surface area contributed by atoms with E-state index in [0.29, 0.717) is 6.54 Å². The number of benzene rings is 8. The molecule has 1 N–H and O–H groups in total. The van der Waals surface area contributed by atoms with Gasteiger partial charge in [-0.15, -0.1) is 0 Å². The van der Waals surface area contributed by atoms with Gasteiger partial charge in [-0.1, -0.05) is 60.3 Å². The number of hydrogen-bond acceptors (Lipinski definition) is 10. The Morgan fingerprint density at radius 1 is 0.486 bits per heavy atom. The van der Waals surface area contributed by atoms with E-state index in [0.717, 1.165) is 101 Å². The summed E-state index contributed by atoms with van der Waals surface area (Å²) in [7, 11) is 2.33. The highest BCUT2D eigenvalue weighted by atomic mass is 32.2. The third kappa shape index (κ3) is 10.2. The van der Waals surface area contributed by atoms with Gasteiger partial charge in [-0.05, 0) is 181 Å². The highest BCUT2D eigenvalue weighted by molar-refractivity contribution is 7.99. The predicted octanol–water partition coefficient (Wildman–Crippen LogP) is 14.8. The van der Waals surface area contributed by atoms with Crippen molar-refractivity contribution in [2.45, 2.75) is 28.4 Å². The van der Waals surface area contributed by atoms with Crippen LogP contribution in [0.5, 0.6) is 23.0 Å². The van der Waals surface area contributed by atoms with Gasteiger partial charge in [0, 0.05) is 50.5 Å². The molecule has 8 aromatic rings. The Morgan fingerprint density at radius 2 is 0.786 bits per heavy atom. The van der Waals surface area contributed by atoms with Gasteiger partial charge in [-0.25, -0.2) is 0 Å². The van der Waals surface area contributed by atoms with E-state index in [1.54, 1.807) is 59.3 Å². The largest absolute Gasteiger partial charge is 0.497 e. The summed E-state index contributed by atoms with van der Waals surface area (Å²) in [6.45, 7) is 2.12. The van der Waals surface area contributed by atoms with Gasteiger partial charge in [0.1, 0.15) is 28.2 Å². The summed E-state index contributed by atoms with van der Waals surface area (Å²) in [6, 6.07) is 61.9. The zero-order chi connectivity index (χ0) is 48.8. The zero-order valence-electron chi connectivity index (χ0n) is 39.5. The van der Waals surface area contributed by atoms with E-state index in [9.17, 15) is 13.0 Å². The van der Waals surface area contributed by atoms with Crippen LogP contribution in [0, 0.1) is 0 Å². The lowest BCUT2D eigenvalue weighted by Gasteiger charge is -2.34. The molecule has 70 heavy (non-hydrogen) atoms. The normalized spacial score (nSPS) is 12.5. The van der Waals surface area contributed by atoms with Crippen LogP contribution in [-0.4, -0.2) is 53.2 Å². The quantitative estimate of drug-likeness (QED) is 0.0697. The van der Waals surface area contributed by atoms with Gasteiger partial charge in [0.05, 0.1) is 39.8 Å². The highest BCUT2D eigenvalue weighted by Gasteiger charge is 2.28. The van der Waals surface area contributed by atoms with Gasteiger partial charge < -0.3 is 33.6 Å². The number of fused-ring (bicyclic) bond motifs is 2. The smallest absolute Gasteiger partial charge is 0.271 e. The molecule has 10 nitrogen and oxygen atoms in total. The summed E-state index contributed by atoms with van der Waals surface area (Å²) in [5.41, 5.74) is 12.0. The Labute approximate surface area is 414 Å². The fourth-order valence-electron chi connectivity index (χ4n) is 8.73. The Hall–Kier alpha value is -7.64. The molecule has 1 aliphatic heterocycles. The van der Waals surface area contributed by atoms with Crippen molar-refractivity contribution in [3.05, 3.63) is 194 Å². The number of nitrogens with zero attached hydrogens (tertiary/aromatic N) is 3. The molecule has 354 valence electrons. The maximum atomic E-state index is 12.5. The highest BCUT2D eigenvalue weighted by Crippen LogP contribution is 2.51. The second kappa shape index (κ2) is 20.9. The van der Waals surface area contributed by atoms with Crippen molar-refractivity contribution in [2.75, 3.05) is 49.7 Å². The number of anilines is 8. The van der Waals surface area contributed by atoms with E-state index in [2.05, 4.69) is 99.6 Å². The maximum absolute atomic E-state index is 12.5. The molecule has 8 aromatic carbocycles. The summed E-state index contributed by atoms with van der Waals surface area (Å²) in [4.78, 5) is 8.62. The average molecular weight is 968 g/mol. The van der Waals surface area contributed by atoms with Crippen LogP contribution in [0.2, 0.25) is 0 Å². The SMILES string of the molecule is C/C=C/C(CCN1c2ccc(-c3ccc(N(c4ccc(OC)cc4)c4ccc(OC)cc4)cc3)cc2Sc2cc(-c3ccc(N(c4ccc(OC)cc4)c4ccc(OC)cc4)cc3)ccc21)S(=O)(=O)O. The molecule has 0 saturated heterocycles. The van der Waals surface area contributed by atoms with Gasteiger partial charge >= 0.3 is 0 Å². The average Bonchev–Trinajstić information content (AvgIpc) is 3.40. The van der Waals surface area contributed by atoms with Gasteiger partial charge in [0.2, 0.25) is 0 Å². The van der Waals surface area contributed by atoms with Crippen molar-refractivity contribution < 1.29 is 31.9 Å². The summed E-state index contributed by atoms with van der Waals surface area (Å²) >= 11 is 1.69. The molecular weight excluding hydrogens is 915 g/mol. The molecule has 9 rings (SSSR count). The minimum absolute atomic E-state index is 0.191. The van der Waals surface area contributed by atoms with Crippen LogP contribution in [0.4, 0.5) is 45.5 Å². The molecule has 1 heterocycles. The van der Waals surface area contributed by atoms with E-state index in [1.807, 2.05) is 97.1 Å². The van der Waals surface area contributed by atoms with Crippen LogP contribution in [0.3, 0.4) is 0 Å². The monoisotopic (exact) mass is 967 g/mol. The van der Waals surface area contributed by atoms with Crippen LogP contribution in [0.15, 0.2) is 204 Å². The first-order chi connectivity index (χ1) is 34.1. The van der Waals surface area contributed by atoms with Crippen molar-refractivity contribution >= 4 is 67.4 Å². The molecule has 0 fully saturated rings. The zero-order valence-corrected chi connectivity index (χ0v) is 41.2. The number of ether oxygens (including phenoxy) is 4. The van der Waals surface area contributed by atoms with Crippen LogP contribution in [0.1, 0.15) is 13.3 Å². The molecule has 0 bridgehead atoms. The lowest BCUT2D eigenvalue weighted by atomic mass is 10.0. The third-order valence-corrected chi connectivity index (χ3v) is 14.6. The molecule has 0 spiro atoms. The van der Waals surface area contributed by atoms with E-state index in [-0.39, 0.29) is 6.42 Å². The van der Waals surface area contributed by atoms with Crippen molar-refractivity contribution in [1.82, 2.24) is 0 Å². The Balaban J connectivity index is 1.05. The maximum Gasteiger partial charge on any atom is 0.271 e. The number of methoxy groups -OCH3 is 4. The number of hydrogen-bond donors (Lipinski definition) is 1. The van der Waals surface area contributed by atoms with Crippen molar-refractivity contribution in [3.63, 3.8) is 0 Å². The lowest BCUT2D eigenvalue weighted by Crippen LogP contribution is -2.28. The molecule has 0 radical (unpaired) electrons. The molecule has 0 saturated carbocycles. The van der Waals surface area contributed by atoms with Gasteiger partial charge in [-0.2, -0.15) is 8.42 Å². The minimum Gasteiger partial charge on any atom is -0.497 e. The Morgan fingerprint density at radius 3 is 1.07 bits per heavy atom. The standard InChI is InChI=1S/C58H53N3O7S2/c1-6-7-54(70(62,63)64)36-37-59-55-34-12-42(40-8-14-44(15-9-40)60(46-18-26-50(65-2)27-19-46)47-20-28-51(66-3)29-21-47)38-57(55)69-58-39-43(13-35-56(58)59)41-10-16-45(17-11-41)61(48-22-30-52(67-4)31-23-48)49-24-32-53(68-5)33-25-49/h6-35,38-39,54H,36-37H2,1-5H3,(H,62,63,64)/b7-6+. The third-order valence-electron chi connectivity index (χ3n) is 12.4. The topological polar surface area (TPSA) is 101 Å². The molecular formula is C58H53N3O7S2. The first kappa shape index (κ1) is 47.4. The fourth-order valence-corrected chi connectivity index (χ4v) is 10.7. The molecule has 1 aliphatic rings. The molecule has 0 aliphatic carbocycles.